The van der Waals surface area contributed by atoms with Crippen molar-refractivity contribution in [3.8, 4) is 0 Å². The van der Waals surface area contributed by atoms with Crippen LogP contribution >= 0.6 is 11.6 Å². The number of rotatable bonds is 9. The van der Waals surface area contributed by atoms with Gasteiger partial charge in [0, 0.05) is 18.8 Å². The van der Waals surface area contributed by atoms with Gasteiger partial charge in [-0.3, -0.25) is 4.79 Å². The molecule has 0 aliphatic heterocycles. The number of carbonyl (C=O) groups is 1. The van der Waals surface area contributed by atoms with E-state index in [2.05, 4.69) is 24.1 Å². The van der Waals surface area contributed by atoms with Crippen molar-refractivity contribution in [2.75, 3.05) is 32.1 Å². The Labute approximate surface area is 98.2 Å². The molecule has 0 saturated heterocycles. The summed E-state index contributed by atoms with van der Waals surface area (Å²) < 4.78 is 0. The van der Waals surface area contributed by atoms with Gasteiger partial charge in [0.25, 0.3) is 0 Å². The van der Waals surface area contributed by atoms with Crippen molar-refractivity contribution in [3.63, 3.8) is 0 Å². The van der Waals surface area contributed by atoms with Crippen molar-refractivity contribution in [2.24, 2.45) is 0 Å². The molecule has 0 aromatic heterocycles. The molecule has 0 spiro atoms. The average Bonchev–Trinajstić information content (AvgIpc) is 2.26. The topological polar surface area (TPSA) is 32.3 Å². The summed E-state index contributed by atoms with van der Waals surface area (Å²) >= 11 is 5.50. The van der Waals surface area contributed by atoms with Gasteiger partial charge < -0.3 is 10.2 Å². The summed E-state index contributed by atoms with van der Waals surface area (Å²) in [6, 6.07) is 0. The lowest BCUT2D eigenvalue weighted by atomic mass is 10.3. The van der Waals surface area contributed by atoms with Gasteiger partial charge in [-0.2, -0.15) is 0 Å². The molecule has 0 radical (unpaired) electrons. The van der Waals surface area contributed by atoms with Crippen LogP contribution in [0.3, 0.4) is 0 Å². The van der Waals surface area contributed by atoms with Gasteiger partial charge in [-0.15, -0.1) is 11.6 Å². The SMILES string of the molecule is CCN(CC)CCCNC(=O)CCCCl. The molecule has 0 fully saturated rings. The van der Waals surface area contributed by atoms with E-state index in [1.807, 2.05) is 0 Å². The zero-order chi connectivity index (χ0) is 11.5. The van der Waals surface area contributed by atoms with Crippen molar-refractivity contribution in [2.45, 2.75) is 33.1 Å². The number of nitrogens with one attached hydrogen (secondary N) is 1. The highest BCUT2D eigenvalue weighted by Gasteiger charge is 2.01. The minimum absolute atomic E-state index is 0.121. The number of hydrogen-bond donors (Lipinski definition) is 1. The van der Waals surface area contributed by atoms with E-state index in [9.17, 15) is 4.79 Å². The largest absolute Gasteiger partial charge is 0.356 e. The normalized spacial score (nSPS) is 10.7. The maximum absolute atomic E-state index is 11.2. The highest BCUT2D eigenvalue weighted by Crippen LogP contribution is 1.92. The Morgan fingerprint density at radius 1 is 1.27 bits per heavy atom. The van der Waals surface area contributed by atoms with Gasteiger partial charge in [0.15, 0.2) is 0 Å². The third kappa shape index (κ3) is 8.70. The first-order chi connectivity index (χ1) is 7.24. The second-order valence-corrected chi connectivity index (χ2v) is 3.90. The van der Waals surface area contributed by atoms with Gasteiger partial charge in [0.05, 0.1) is 0 Å². The van der Waals surface area contributed by atoms with Crippen LogP contribution in [0.1, 0.15) is 33.1 Å². The molecule has 0 atom stereocenters. The lowest BCUT2D eigenvalue weighted by molar-refractivity contribution is -0.121. The predicted octanol–water partition coefficient (Wildman–Crippen LogP) is 1.85. The van der Waals surface area contributed by atoms with Crippen molar-refractivity contribution in [1.82, 2.24) is 10.2 Å². The zero-order valence-electron chi connectivity index (χ0n) is 9.89. The van der Waals surface area contributed by atoms with E-state index in [-0.39, 0.29) is 5.91 Å². The van der Waals surface area contributed by atoms with E-state index in [1.165, 1.54) is 0 Å². The summed E-state index contributed by atoms with van der Waals surface area (Å²) in [7, 11) is 0. The van der Waals surface area contributed by atoms with Crippen LogP contribution in [-0.4, -0.2) is 42.9 Å². The van der Waals surface area contributed by atoms with E-state index in [4.69, 9.17) is 11.6 Å². The molecule has 0 aliphatic rings. The molecule has 90 valence electrons. The number of alkyl halides is 1. The molecule has 1 N–H and O–H groups in total. The van der Waals surface area contributed by atoms with Crippen LogP contribution in [0.5, 0.6) is 0 Å². The Hall–Kier alpha value is -0.280. The van der Waals surface area contributed by atoms with Crippen LogP contribution in [0.2, 0.25) is 0 Å². The van der Waals surface area contributed by atoms with Crippen molar-refractivity contribution in [3.05, 3.63) is 0 Å². The first-order valence-electron chi connectivity index (χ1n) is 5.79. The van der Waals surface area contributed by atoms with Gasteiger partial charge in [0.1, 0.15) is 0 Å². The van der Waals surface area contributed by atoms with Gasteiger partial charge in [-0.1, -0.05) is 13.8 Å². The van der Waals surface area contributed by atoms with Crippen LogP contribution in [0.4, 0.5) is 0 Å². The van der Waals surface area contributed by atoms with Crippen molar-refractivity contribution in [1.29, 1.82) is 0 Å². The van der Waals surface area contributed by atoms with E-state index < -0.39 is 0 Å². The molecule has 0 aliphatic carbocycles. The van der Waals surface area contributed by atoms with Gasteiger partial charge in [-0.05, 0) is 32.5 Å². The van der Waals surface area contributed by atoms with Crippen molar-refractivity contribution >= 4 is 17.5 Å². The molecule has 0 heterocycles. The Bertz CT molecular complexity index is 161. The quantitative estimate of drug-likeness (QED) is 0.488. The van der Waals surface area contributed by atoms with Crippen LogP contribution in [0.25, 0.3) is 0 Å². The highest BCUT2D eigenvalue weighted by molar-refractivity contribution is 6.17. The second kappa shape index (κ2) is 10.2. The Morgan fingerprint density at radius 3 is 2.47 bits per heavy atom. The maximum Gasteiger partial charge on any atom is 0.220 e. The Kier molecular flexibility index (Phi) is 10.1. The maximum atomic E-state index is 11.2. The predicted molar refractivity (Wildman–Crippen MR) is 65.4 cm³/mol. The van der Waals surface area contributed by atoms with E-state index in [0.717, 1.165) is 39.0 Å². The minimum atomic E-state index is 0.121. The number of carbonyl (C=O) groups excluding carboxylic acids is 1. The fourth-order valence-corrected chi connectivity index (χ4v) is 1.52. The molecule has 0 saturated carbocycles. The fraction of sp³-hybridized carbons (Fsp3) is 0.909. The zero-order valence-corrected chi connectivity index (χ0v) is 10.6. The molecule has 0 rings (SSSR count). The van der Waals surface area contributed by atoms with Gasteiger partial charge in [0.2, 0.25) is 5.91 Å². The minimum Gasteiger partial charge on any atom is -0.356 e. The summed E-state index contributed by atoms with van der Waals surface area (Å²) in [5, 5.41) is 2.90. The smallest absolute Gasteiger partial charge is 0.220 e. The van der Waals surface area contributed by atoms with Gasteiger partial charge in [-0.25, -0.2) is 0 Å². The summed E-state index contributed by atoms with van der Waals surface area (Å²) in [5.74, 6) is 0.683. The lowest BCUT2D eigenvalue weighted by Gasteiger charge is -2.17. The van der Waals surface area contributed by atoms with Crippen LogP contribution in [0, 0.1) is 0 Å². The number of amides is 1. The summed E-state index contributed by atoms with van der Waals surface area (Å²) in [5.41, 5.74) is 0. The fourth-order valence-electron chi connectivity index (χ4n) is 1.39. The van der Waals surface area contributed by atoms with Crippen LogP contribution < -0.4 is 5.32 Å². The molecule has 15 heavy (non-hydrogen) atoms. The molecular weight excluding hydrogens is 212 g/mol. The second-order valence-electron chi connectivity index (χ2n) is 3.52. The average molecular weight is 235 g/mol. The van der Waals surface area contributed by atoms with E-state index in [0.29, 0.717) is 12.3 Å². The Morgan fingerprint density at radius 2 is 1.93 bits per heavy atom. The molecule has 4 heteroatoms. The summed E-state index contributed by atoms with van der Waals surface area (Å²) in [6.07, 6.45) is 2.34. The van der Waals surface area contributed by atoms with E-state index >= 15 is 0 Å². The third-order valence-electron chi connectivity index (χ3n) is 2.41. The molecule has 3 nitrogen and oxygen atoms in total. The molecule has 1 amide bonds. The Balaban J connectivity index is 3.33. The summed E-state index contributed by atoms with van der Waals surface area (Å²) in [6.45, 7) is 8.30. The molecule has 0 bridgehead atoms. The highest BCUT2D eigenvalue weighted by atomic mass is 35.5. The first kappa shape index (κ1) is 14.7. The van der Waals surface area contributed by atoms with Crippen molar-refractivity contribution < 1.29 is 4.79 Å². The molecule has 0 unspecified atom stereocenters. The van der Waals surface area contributed by atoms with Crippen LogP contribution in [-0.2, 0) is 4.79 Å². The first-order valence-corrected chi connectivity index (χ1v) is 6.33. The third-order valence-corrected chi connectivity index (χ3v) is 2.67. The standard InChI is InChI=1S/C11H23ClN2O/c1-3-14(4-2)10-6-9-13-11(15)7-5-8-12/h3-10H2,1-2H3,(H,13,15). The molecule has 0 aromatic carbocycles. The number of hydrogen-bond acceptors (Lipinski definition) is 2. The summed E-state index contributed by atoms with van der Waals surface area (Å²) in [4.78, 5) is 13.6. The van der Waals surface area contributed by atoms with Gasteiger partial charge >= 0.3 is 0 Å². The lowest BCUT2D eigenvalue weighted by Crippen LogP contribution is -2.29. The molecule has 0 aromatic rings. The number of nitrogens with zero attached hydrogens (tertiary/aromatic N) is 1. The molecular formula is C11H23ClN2O. The van der Waals surface area contributed by atoms with Crippen LogP contribution in [0.15, 0.2) is 0 Å². The van der Waals surface area contributed by atoms with E-state index in [1.54, 1.807) is 0 Å². The number of halogens is 1. The monoisotopic (exact) mass is 234 g/mol.